The quantitative estimate of drug-likeness (QED) is 0.849. The van der Waals surface area contributed by atoms with Crippen LogP contribution in [0.4, 0.5) is 4.79 Å². The minimum absolute atomic E-state index is 0.0843. The highest BCUT2D eigenvalue weighted by molar-refractivity contribution is 5.71. The molecule has 3 aliphatic rings. The molecule has 7 heteroatoms. The molecule has 0 radical (unpaired) electrons. The second kappa shape index (κ2) is 7.78. The molecule has 1 aromatic heterocycles. The van der Waals surface area contributed by atoms with Gasteiger partial charge in [-0.05, 0) is 46.6 Å². The molecule has 1 N–H and O–H groups in total. The average molecular weight is 395 g/mol. The van der Waals surface area contributed by atoms with Crippen molar-refractivity contribution in [2.45, 2.75) is 65.5 Å². The lowest BCUT2D eigenvalue weighted by Gasteiger charge is -2.46. The van der Waals surface area contributed by atoms with Crippen molar-refractivity contribution in [3.8, 4) is 5.75 Å². The predicted molar refractivity (Wildman–Crippen MR) is 108 cm³/mol. The number of aliphatic hydroxyl groups is 1. The molecule has 2 aliphatic heterocycles. The summed E-state index contributed by atoms with van der Waals surface area (Å²) >= 11 is 0. The van der Waals surface area contributed by atoms with Crippen LogP contribution in [0, 0.1) is 12.3 Å². The van der Waals surface area contributed by atoms with E-state index in [1.807, 2.05) is 47.6 Å². The maximum Gasteiger partial charge on any atom is 0.410 e. The van der Waals surface area contributed by atoms with Crippen LogP contribution in [-0.4, -0.2) is 51.6 Å². The molecule has 2 saturated heterocycles. The molecule has 7 nitrogen and oxygen atoms in total. The summed E-state index contributed by atoms with van der Waals surface area (Å²) in [4.78, 5) is 26.1. The van der Waals surface area contributed by atoms with E-state index in [1.165, 1.54) is 6.07 Å². The SMILES string of the molecule is CC.Cc1cc(OCC23CN(C(=O)OC(C)(C)C)C(CO)(C2)C3)cc(=O)n1C. The Morgan fingerprint density at radius 1 is 1.25 bits per heavy atom. The van der Waals surface area contributed by atoms with Crippen molar-refractivity contribution in [1.82, 2.24) is 9.47 Å². The molecule has 1 aromatic rings. The summed E-state index contributed by atoms with van der Waals surface area (Å²) in [7, 11) is 1.72. The Morgan fingerprint density at radius 3 is 2.36 bits per heavy atom. The fraction of sp³-hybridized carbons (Fsp3) is 0.714. The van der Waals surface area contributed by atoms with E-state index in [0.29, 0.717) is 31.7 Å². The molecule has 0 atom stereocenters. The van der Waals surface area contributed by atoms with Gasteiger partial charge in [0.05, 0.1) is 18.8 Å². The minimum atomic E-state index is -0.577. The Hall–Kier alpha value is -2.02. The van der Waals surface area contributed by atoms with Crippen LogP contribution in [0.3, 0.4) is 0 Å². The molecular weight excluding hydrogens is 360 g/mol. The molecular formula is C21H34N2O5. The van der Waals surface area contributed by atoms with E-state index in [1.54, 1.807) is 16.5 Å². The van der Waals surface area contributed by atoms with Crippen molar-refractivity contribution in [3.05, 3.63) is 28.2 Å². The molecule has 1 amide bonds. The molecule has 1 aliphatic carbocycles. The predicted octanol–water partition coefficient (Wildman–Crippen LogP) is 2.86. The first kappa shape index (κ1) is 22.3. The van der Waals surface area contributed by atoms with Gasteiger partial charge in [0.2, 0.25) is 0 Å². The lowest BCUT2D eigenvalue weighted by molar-refractivity contribution is -0.0274. The molecule has 3 fully saturated rings. The maximum atomic E-state index is 12.5. The highest BCUT2D eigenvalue weighted by atomic mass is 16.6. The number of hydrogen-bond acceptors (Lipinski definition) is 5. The number of hydrogen-bond donors (Lipinski definition) is 1. The van der Waals surface area contributed by atoms with Gasteiger partial charge in [0.15, 0.2) is 0 Å². The van der Waals surface area contributed by atoms with E-state index in [0.717, 1.165) is 5.69 Å². The summed E-state index contributed by atoms with van der Waals surface area (Å²) in [6, 6.07) is 3.30. The van der Waals surface area contributed by atoms with Crippen LogP contribution in [0.2, 0.25) is 0 Å². The fourth-order valence-corrected chi connectivity index (χ4v) is 4.13. The summed E-state index contributed by atoms with van der Waals surface area (Å²) in [6.07, 6.45) is 0.967. The normalized spacial score (nSPS) is 25.5. The molecule has 0 unspecified atom stereocenters. The smallest absolute Gasteiger partial charge is 0.410 e. The van der Waals surface area contributed by atoms with Crippen molar-refractivity contribution in [3.63, 3.8) is 0 Å². The molecule has 4 rings (SSSR count). The Balaban J connectivity index is 0.00000136. The second-order valence-electron chi connectivity index (χ2n) is 8.82. The zero-order chi connectivity index (χ0) is 21.3. The third kappa shape index (κ3) is 4.19. The van der Waals surface area contributed by atoms with E-state index in [-0.39, 0.29) is 17.6 Å². The highest BCUT2D eigenvalue weighted by Crippen LogP contribution is 2.59. The lowest BCUT2D eigenvalue weighted by Crippen LogP contribution is -2.55. The van der Waals surface area contributed by atoms with E-state index in [2.05, 4.69) is 0 Å². The number of pyridine rings is 1. The van der Waals surface area contributed by atoms with Crippen molar-refractivity contribution in [2.24, 2.45) is 12.5 Å². The number of rotatable bonds is 4. The van der Waals surface area contributed by atoms with Gasteiger partial charge in [-0.3, -0.25) is 9.69 Å². The van der Waals surface area contributed by atoms with Crippen molar-refractivity contribution < 1.29 is 19.4 Å². The number of carbonyl (C=O) groups is 1. The monoisotopic (exact) mass is 394 g/mol. The number of aliphatic hydroxyl groups excluding tert-OH is 1. The number of ether oxygens (including phenoxy) is 2. The summed E-state index contributed by atoms with van der Waals surface area (Å²) < 4.78 is 12.9. The van der Waals surface area contributed by atoms with E-state index >= 15 is 0 Å². The Morgan fingerprint density at radius 2 is 1.86 bits per heavy atom. The summed E-state index contributed by atoms with van der Waals surface area (Å²) in [5, 5.41) is 9.85. The summed E-state index contributed by atoms with van der Waals surface area (Å²) in [6.45, 7) is 12.1. The van der Waals surface area contributed by atoms with Crippen molar-refractivity contribution in [1.29, 1.82) is 0 Å². The number of aromatic nitrogens is 1. The van der Waals surface area contributed by atoms with E-state index in [9.17, 15) is 14.7 Å². The second-order valence-corrected chi connectivity index (χ2v) is 8.82. The summed E-state index contributed by atoms with van der Waals surface area (Å²) in [5.41, 5.74) is -0.614. The van der Waals surface area contributed by atoms with Crippen LogP contribution in [0.1, 0.15) is 53.2 Å². The molecule has 0 spiro atoms. The van der Waals surface area contributed by atoms with Gasteiger partial charge >= 0.3 is 6.09 Å². The highest BCUT2D eigenvalue weighted by Gasteiger charge is 2.67. The van der Waals surface area contributed by atoms with Crippen molar-refractivity contribution >= 4 is 6.09 Å². The Labute approximate surface area is 167 Å². The van der Waals surface area contributed by atoms with Gasteiger partial charge in [0.25, 0.3) is 5.56 Å². The minimum Gasteiger partial charge on any atom is -0.493 e. The molecule has 0 aromatic carbocycles. The van der Waals surface area contributed by atoms with Crippen LogP contribution < -0.4 is 10.3 Å². The van der Waals surface area contributed by atoms with Crippen LogP contribution in [0.15, 0.2) is 16.9 Å². The zero-order valence-electron chi connectivity index (χ0n) is 18.2. The largest absolute Gasteiger partial charge is 0.493 e. The molecule has 158 valence electrons. The lowest BCUT2D eigenvalue weighted by atomic mass is 9.62. The zero-order valence-corrected chi connectivity index (χ0v) is 18.2. The first-order valence-corrected chi connectivity index (χ1v) is 9.91. The number of fused-ring (bicyclic) bond motifs is 1. The van der Waals surface area contributed by atoms with Gasteiger partial charge in [-0.25, -0.2) is 4.79 Å². The van der Waals surface area contributed by atoms with Gasteiger partial charge in [0.1, 0.15) is 11.4 Å². The van der Waals surface area contributed by atoms with E-state index in [4.69, 9.17) is 9.47 Å². The summed E-state index contributed by atoms with van der Waals surface area (Å²) in [5.74, 6) is 0.539. The standard InChI is InChI=1S/C19H28N2O5.C2H6/c1-13-6-14(7-15(23)20(13)5)25-12-18-8-19(9-18,11-22)21(10-18)16(24)26-17(2,3)4;1-2/h6-7,22H,8-12H2,1-5H3;1-2H3. The molecule has 2 bridgehead atoms. The van der Waals surface area contributed by atoms with Gasteiger partial charge in [-0.1, -0.05) is 13.8 Å². The topological polar surface area (TPSA) is 81.0 Å². The van der Waals surface area contributed by atoms with Crippen molar-refractivity contribution in [2.75, 3.05) is 19.8 Å². The fourth-order valence-electron chi connectivity index (χ4n) is 4.13. The Bertz CT molecular complexity index is 772. The molecule has 28 heavy (non-hydrogen) atoms. The third-order valence-electron chi connectivity index (χ3n) is 5.40. The third-order valence-corrected chi connectivity index (χ3v) is 5.40. The average Bonchev–Trinajstić information content (AvgIpc) is 3.09. The Kier molecular flexibility index (Phi) is 6.19. The van der Waals surface area contributed by atoms with Crippen LogP contribution in [0.5, 0.6) is 5.75 Å². The first-order chi connectivity index (χ1) is 13.0. The number of carbonyl (C=O) groups excluding carboxylic acids is 1. The van der Waals surface area contributed by atoms with Crippen LogP contribution in [0.25, 0.3) is 0 Å². The van der Waals surface area contributed by atoms with Gasteiger partial charge in [-0.15, -0.1) is 0 Å². The molecule has 3 heterocycles. The van der Waals surface area contributed by atoms with Gasteiger partial charge in [-0.2, -0.15) is 0 Å². The van der Waals surface area contributed by atoms with Crippen LogP contribution in [-0.2, 0) is 11.8 Å². The number of amides is 1. The first-order valence-electron chi connectivity index (χ1n) is 9.91. The van der Waals surface area contributed by atoms with Gasteiger partial charge in [0, 0.05) is 30.8 Å². The van der Waals surface area contributed by atoms with E-state index < -0.39 is 17.2 Å². The van der Waals surface area contributed by atoms with Crippen LogP contribution >= 0.6 is 0 Å². The number of aryl methyl sites for hydroxylation is 1. The number of nitrogens with zero attached hydrogens (tertiary/aromatic N) is 2. The maximum absolute atomic E-state index is 12.5. The van der Waals surface area contributed by atoms with Gasteiger partial charge < -0.3 is 19.1 Å². The molecule has 1 saturated carbocycles.